The van der Waals surface area contributed by atoms with E-state index < -0.39 is 0 Å². The third-order valence-electron chi connectivity index (χ3n) is 4.35. The highest BCUT2D eigenvalue weighted by Crippen LogP contribution is 2.25. The van der Waals surface area contributed by atoms with E-state index in [4.69, 9.17) is 4.52 Å². The van der Waals surface area contributed by atoms with Gasteiger partial charge >= 0.3 is 0 Å². The predicted molar refractivity (Wildman–Crippen MR) is 92.7 cm³/mol. The van der Waals surface area contributed by atoms with E-state index >= 15 is 0 Å². The topological polar surface area (TPSA) is 65.7 Å². The fourth-order valence-corrected chi connectivity index (χ4v) is 3.36. The second-order valence-corrected chi connectivity index (χ2v) is 7.16. The Morgan fingerprint density at radius 2 is 2.12 bits per heavy atom. The summed E-state index contributed by atoms with van der Waals surface area (Å²) in [7, 11) is 3.59. The minimum Gasteiger partial charge on any atom is -0.348 e. The Kier molecular flexibility index (Phi) is 5.27. The number of carbonyl (C=O) groups is 1. The van der Waals surface area contributed by atoms with Gasteiger partial charge in [-0.05, 0) is 18.4 Å². The van der Waals surface area contributed by atoms with Crippen LogP contribution in [0.4, 0.5) is 0 Å². The number of thiophene rings is 1. The zero-order chi connectivity index (χ0) is 17.1. The van der Waals surface area contributed by atoms with E-state index in [1.807, 2.05) is 17.5 Å². The van der Waals surface area contributed by atoms with Crippen LogP contribution in [0.25, 0.3) is 10.7 Å². The lowest BCUT2D eigenvalue weighted by Crippen LogP contribution is -2.49. The van der Waals surface area contributed by atoms with Crippen molar-refractivity contribution in [3.8, 4) is 10.7 Å². The summed E-state index contributed by atoms with van der Waals surface area (Å²) in [5, 5.41) is 6.09. The zero-order valence-corrected chi connectivity index (χ0v) is 15.1. The van der Waals surface area contributed by atoms with Crippen molar-refractivity contribution in [2.75, 3.05) is 46.8 Å². The van der Waals surface area contributed by atoms with Gasteiger partial charge in [0, 0.05) is 40.3 Å². The highest BCUT2D eigenvalue weighted by molar-refractivity contribution is 7.13. The maximum Gasteiger partial charge on any atom is 0.244 e. The number of amides is 1. The number of likely N-dealkylation sites (N-methyl/N-ethyl adjacent to an activating group) is 1. The Balaban J connectivity index is 1.55. The fourth-order valence-electron chi connectivity index (χ4n) is 2.71. The van der Waals surface area contributed by atoms with E-state index in [0.717, 1.165) is 31.1 Å². The molecule has 2 aromatic rings. The summed E-state index contributed by atoms with van der Waals surface area (Å²) < 4.78 is 5.46. The number of rotatable bonds is 5. The minimum atomic E-state index is 0.0814. The average Bonchev–Trinajstić information content (AvgIpc) is 3.26. The van der Waals surface area contributed by atoms with Gasteiger partial charge in [0.1, 0.15) is 0 Å². The lowest BCUT2D eigenvalue weighted by atomic mass is 10.2. The van der Waals surface area contributed by atoms with Crippen LogP contribution in [0.5, 0.6) is 0 Å². The largest absolute Gasteiger partial charge is 0.348 e. The highest BCUT2D eigenvalue weighted by atomic mass is 32.1. The number of piperazine rings is 1. The van der Waals surface area contributed by atoms with Gasteiger partial charge < -0.3 is 9.42 Å². The summed E-state index contributed by atoms with van der Waals surface area (Å²) >= 11 is 1.60. The molecular weight excluding hydrogens is 326 g/mol. The number of carbonyl (C=O) groups excluding carboxylic acids is 1. The van der Waals surface area contributed by atoms with E-state index in [1.165, 1.54) is 0 Å². The van der Waals surface area contributed by atoms with E-state index in [1.54, 1.807) is 30.3 Å². The molecule has 0 saturated carbocycles. The first-order valence-corrected chi connectivity index (χ1v) is 8.96. The van der Waals surface area contributed by atoms with Crippen molar-refractivity contribution in [1.29, 1.82) is 0 Å². The van der Waals surface area contributed by atoms with Gasteiger partial charge in [-0.1, -0.05) is 11.2 Å². The van der Waals surface area contributed by atoms with Gasteiger partial charge in [0.15, 0.2) is 0 Å². The molecule has 2 aromatic heterocycles. The van der Waals surface area contributed by atoms with Crippen molar-refractivity contribution in [2.45, 2.75) is 13.0 Å². The van der Waals surface area contributed by atoms with Crippen molar-refractivity contribution < 1.29 is 9.32 Å². The van der Waals surface area contributed by atoms with E-state index in [0.29, 0.717) is 18.3 Å². The van der Waals surface area contributed by atoms with Crippen LogP contribution in [0.2, 0.25) is 0 Å². The number of aromatic nitrogens is 2. The van der Waals surface area contributed by atoms with Crippen LogP contribution in [-0.4, -0.2) is 77.6 Å². The first-order valence-electron chi connectivity index (χ1n) is 8.08. The maximum absolute atomic E-state index is 11.8. The molecule has 1 unspecified atom stereocenters. The summed E-state index contributed by atoms with van der Waals surface area (Å²) in [6, 6.07) is 4.05. The Morgan fingerprint density at radius 3 is 2.75 bits per heavy atom. The van der Waals surface area contributed by atoms with Crippen LogP contribution >= 0.6 is 11.3 Å². The summed E-state index contributed by atoms with van der Waals surface area (Å²) in [5.74, 6) is 1.45. The number of hydrogen-bond donors (Lipinski definition) is 0. The standard InChI is InChI=1S/C16H23N5O2S/c1-12(16-17-15(18-23-16)13-5-4-10-24-13)21-8-6-20(7-9-21)11-14(22)19(2)3/h4-5,10,12H,6-9,11H2,1-3H3. The predicted octanol–water partition coefficient (Wildman–Crippen LogP) is 1.56. The molecule has 130 valence electrons. The smallest absolute Gasteiger partial charge is 0.244 e. The molecule has 1 aliphatic rings. The summed E-state index contributed by atoms with van der Waals surface area (Å²) in [4.78, 5) is 23.5. The van der Waals surface area contributed by atoms with Crippen molar-refractivity contribution in [2.24, 2.45) is 0 Å². The van der Waals surface area contributed by atoms with Crippen molar-refractivity contribution in [3.63, 3.8) is 0 Å². The van der Waals surface area contributed by atoms with Gasteiger partial charge in [0.05, 0.1) is 17.5 Å². The van der Waals surface area contributed by atoms with Gasteiger partial charge in [-0.25, -0.2) is 0 Å². The molecule has 1 amide bonds. The summed E-state index contributed by atoms with van der Waals surface area (Å²) in [6.07, 6.45) is 0. The highest BCUT2D eigenvalue weighted by Gasteiger charge is 2.27. The molecule has 24 heavy (non-hydrogen) atoms. The summed E-state index contributed by atoms with van der Waals surface area (Å²) in [5.41, 5.74) is 0. The normalized spacial score (nSPS) is 17.8. The number of hydrogen-bond acceptors (Lipinski definition) is 7. The van der Waals surface area contributed by atoms with Gasteiger partial charge in [-0.3, -0.25) is 14.6 Å². The quantitative estimate of drug-likeness (QED) is 0.816. The molecule has 0 aromatic carbocycles. The second-order valence-electron chi connectivity index (χ2n) is 6.21. The van der Waals surface area contributed by atoms with Crippen molar-refractivity contribution >= 4 is 17.2 Å². The second kappa shape index (κ2) is 7.42. The molecule has 0 aliphatic carbocycles. The molecule has 3 rings (SSSR count). The molecule has 3 heterocycles. The monoisotopic (exact) mass is 349 g/mol. The molecule has 7 nitrogen and oxygen atoms in total. The molecule has 0 bridgehead atoms. The Hall–Kier alpha value is -1.77. The maximum atomic E-state index is 11.8. The third kappa shape index (κ3) is 3.82. The van der Waals surface area contributed by atoms with E-state index in [2.05, 4.69) is 26.9 Å². The van der Waals surface area contributed by atoms with Crippen LogP contribution in [-0.2, 0) is 4.79 Å². The van der Waals surface area contributed by atoms with Gasteiger partial charge in [-0.15, -0.1) is 11.3 Å². The Labute approximate surface area is 145 Å². The van der Waals surface area contributed by atoms with E-state index in [9.17, 15) is 4.79 Å². The molecular formula is C16H23N5O2S. The minimum absolute atomic E-state index is 0.0814. The molecule has 1 fully saturated rings. The van der Waals surface area contributed by atoms with Crippen molar-refractivity contribution in [3.05, 3.63) is 23.4 Å². The number of nitrogens with zero attached hydrogens (tertiary/aromatic N) is 5. The molecule has 1 aliphatic heterocycles. The SMILES string of the molecule is CC(c1nc(-c2cccs2)no1)N1CCN(CC(=O)N(C)C)CC1. The molecule has 8 heteroatoms. The van der Waals surface area contributed by atoms with Gasteiger partial charge in [0.2, 0.25) is 17.6 Å². The summed E-state index contributed by atoms with van der Waals surface area (Å²) in [6.45, 7) is 6.09. The molecule has 0 spiro atoms. The fraction of sp³-hybridized carbons (Fsp3) is 0.562. The third-order valence-corrected chi connectivity index (χ3v) is 5.22. The average molecular weight is 349 g/mol. The lowest BCUT2D eigenvalue weighted by Gasteiger charge is -2.36. The van der Waals surface area contributed by atoms with Gasteiger partial charge in [0.25, 0.3) is 0 Å². The van der Waals surface area contributed by atoms with Gasteiger partial charge in [-0.2, -0.15) is 4.98 Å². The van der Waals surface area contributed by atoms with Crippen LogP contribution in [0.15, 0.2) is 22.0 Å². The Bertz CT molecular complexity index is 662. The first kappa shape index (κ1) is 17.1. The molecule has 1 atom stereocenters. The molecule has 0 N–H and O–H groups in total. The van der Waals surface area contributed by atoms with Crippen molar-refractivity contribution in [1.82, 2.24) is 24.8 Å². The van der Waals surface area contributed by atoms with Crippen LogP contribution in [0.1, 0.15) is 18.9 Å². The lowest BCUT2D eigenvalue weighted by molar-refractivity contribution is -0.130. The molecule has 1 saturated heterocycles. The van der Waals surface area contributed by atoms with Crippen LogP contribution in [0, 0.1) is 0 Å². The van der Waals surface area contributed by atoms with Crippen LogP contribution in [0.3, 0.4) is 0 Å². The first-order chi connectivity index (χ1) is 11.5. The zero-order valence-electron chi connectivity index (χ0n) is 14.3. The Morgan fingerprint density at radius 1 is 1.38 bits per heavy atom. The van der Waals surface area contributed by atoms with Crippen LogP contribution < -0.4 is 0 Å². The molecule has 0 radical (unpaired) electrons. The van der Waals surface area contributed by atoms with E-state index in [-0.39, 0.29) is 11.9 Å².